The smallest absolute Gasteiger partial charge is 0.271 e. The number of anilines is 1. The van der Waals surface area contributed by atoms with Crippen LogP contribution in [-0.2, 0) is 16.1 Å². The zero-order valence-electron chi connectivity index (χ0n) is 15.3. The molecule has 1 amide bonds. The lowest BCUT2D eigenvalue weighted by molar-refractivity contribution is -0.384. The number of ether oxygens (including phenoxy) is 1. The van der Waals surface area contributed by atoms with Crippen LogP contribution in [0, 0.1) is 10.1 Å². The van der Waals surface area contributed by atoms with Gasteiger partial charge < -0.3 is 14.5 Å². The fourth-order valence-electron chi connectivity index (χ4n) is 3.11. The third-order valence-corrected chi connectivity index (χ3v) is 4.69. The Labute approximate surface area is 158 Å². The van der Waals surface area contributed by atoms with Gasteiger partial charge >= 0.3 is 0 Å². The van der Waals surface area contributed by atoms with Crippen LogP contribution in [0.2, 0.25) is 0 Å². The van der Waals surface area contributed by atoms with Crippen LogP contribution >= 0.6 is 0 Å². The third kappa shape index (κ3) is 4.83. The molecule has 0 saturated carbocycles. The number of nitrogens with zero attached hydrogens (tertiary/aromatic N) is 3. The van der Waals surface area contributed by atoms with Crippen LogP contribution in [0.25, 0.3) is 0 Å². The van der Waals surface area contributed by atoms with E-state index in [4.69, 9.17) is 4.74 Å². The van der Waals surface area contributed by atoms with Gasteiger partial charge in [-0.3, -0.25) is 14.9 Å². The van der Waals surface area contributed by atoms with Crippen molar-refractivity contribution in [1.82, 2.24) is 4.90 Å². The van der Waals surface area contributed by atoms with Gasteiger partial charge in [0.25, 0.3) is 11.6 Å². The molecule has 1 aliphatic heterocycles. The molecule has 1 fully saturated rings. The summed E-state index contributed by atoms with van der Waals surface area (Å²) in [5.41, 5.74) is 1.92. The molecular formula is C20H23N3O4. The van der Waals surface area contributed by atoms with Gasteiger partial charge in [0.2, 0.25) is 0 Å². The molecule has 0 unspecified atom stereocenters. The standard InChI is InChI=1S/C20H23N3O4/c1-16(27-15-17-6-3-2-4-7-17)20(24)22-12-10-21(11-13-22)18-8-5-9-19(14-18)23(25)26/h2-9,14,16H,10-13,15H2,1H3/t16-/m1/s1. The van der Waals surface area contributed by atoms with Gasteiger partial charge in [-0.1, -0.05) is 36.4 Å². The second-order valence-corrected chi connectivity index (χ2v) is 6.53. The average molecular weight is 369 g/mol. The maximum absolute atomic E-state index is 12.6. The number of piperazine rings is 1. The number of benzene rings is 2. The summed E-state index contributed by atoms with van der Waals surface area (Å²) >= 11 is 0. The molecule has 0 spiro atoms. The highest BCUT2D eigenvalue weighted by atomic mass is 16.6. The SMILES string of the molecule is C[C@@H](OCc1ccccc1)C(=O)N1CCN(c2cccc([N+](=O)[O-])c2)CC1. The van der Waals surface area contributed by atoms with Crippen molar-refractivity contribution in [3.05, 3.63) is 70.3 Å². The molecule has 0 aromatic heterocycles. The van der Waals surface area contributed by atoms with Crippen molar-refractivity contribution in [3.63, 3.8) is 0 Å². The molecule has 2 aromatic rings. The summed E-state index contributed by atoms with van der Waals surface area (Å²) in [6.45, 7) is 4.59. The first-order valence-electron chi connectivity index (χ1n) is 8.98. The summed E-state index contributed by atoms with van der Waals surface area (Å²) in [5, 5.41) is 10.9. The molecule has 0 bridgehead atoms. The number of non-ortho nitro benzene ring substituents is 1. The normalized spacial score (nSPS) is 15.4. The van der Waals surface area contributed by atoms with Crippen molar-refractivity contribution >= 4 is 17.3 Å². The zero-order valence-corrected chi connectivity index (χ0v) is 15.3. The Morgan fingerprint density at radius 2 is 1.81 bits per heavy atom. The summed E-state index contributed by atoms with van der Waals surface area (Å²) in [6, 6.07) is 16.4. The van der Waals surface area contributed by atoms with Crippen molar-refractivity contribution in [2.24, 2.45) is 0 Å². The van der Waals surface area contributed by atoms with E-state index >= 15 is 0 Å². The van der Waals surface area contributed by atoms with E-state index in [2.05, 4.69) is 4.90 Å². The first-order valence-corrected chi connectivity index (χ1v) is 8.98. The molecule has 27 heavy (non-hydrogen) atoms. The molecule has 7 heteroatoms. The van der Waals surface area contributed by atoms with Gasteiger partial charge in [0.1, 0.15) is 6.10 Å². The maximum atomic E-state index is 12.6. The number of rotatable bonds is 6. The zero-order chi connectivity index (χ0) is 19.2. The van der Waals surface area contributed by atoms with Gasteiger partial charge in [-0.15, -0.1) is 0 Å². The molecule has 0 N–H and O–H groups in total. The van der Waals surface area contributed by atoms with Crippen LogP contribution in [0.3, 0.4) is 0 Å². The average Bonchev–Trinajstić information content (AvgIpc) is 2.72. The molecule has 0 aliphatic carbocycles. The molecule has 7 nitrogen and oxygen atoms in total. The van der Waals surface area contributed by atoms with E-state index in [-0.39, 0.29) is 11.6 Å². The molecule has 1 saturated heterocycles. The second kappa shape index (κ2) is 8.64. The minimum absolute atomic E-state index is 0.0235. The molecule has 1 heterocycles. The Kier molecular flexibility index (Phi) is 6.03. The van der Waals surface area contributed by atoms with E-state index in [1.165, 1.54) is 6.07 Å². The van der Waals surface area contributed by atoms with E-state index in [1.807, 2.05) is 36.4 Å². The summed E-state index contributed by atoms with van der Waals surface area (Å²) in [6.07, 6.45) is -0.505. The number of carbonyl (C=O) groups is 1. The molecule has 1 aliphatic rings. The summed E-state index contributed by atoms with van der Waals surface area (Å²) < 4.78 is 5.72. The third-order valence-electron chi connectivity index (χ3n) is 4.69. The van der Waals surface area contributed by atoms with E-state index in [1.54, 1.807) is 24.0 Å². The highest BCUT2D eigenvalue weighted by Crippen LogP contribution is 2.22. The van der Waals surface area contributed by atoms with Crippen LogP contribution < -0.4 is 4.90 Å². The lowest BCUT2D eigenvalue weighted by Gasteiger charge is -2.37. The number of amides is 1. The summed E-state index contributed by atoms with van der Waals surface area (Å²) in [7, 11) is 0. The first kappa shape index (κ1) is 18.8. The Bertz CT molecular complexity index is 789. The predicted molar refractivity (Wildman–Crippen MR) is 103 cm³/mol. The van der Waals surface area contributed by atoms with Gasteiger partial charge in [-0.25, -0.2) is 0 Å². The molecule has 0 radical (unpaired) electrons. The van der Waals surface area contributed by atoms with Crippen LogP contribution in [0.15, 0.2) is 54.6 Å². The van der Waals surface area contributed by atoms with Gasteiger partial charge in [0.15, 0.2) is 0 Å². The van der Waals surface area contributed by atoms with Gasteiger partial charge in [-0.05, 0) is 18.6 Å². The van der Waals surface area contributed by atoms with E-state index in [0.717, 1.165) is 11.3 Å². The lowest BCUT2D eigenvalue weighted by atomic mass is 10.2. The van der Waals surface area contributed by atoms with Crippen LogP contribution in [0.5, 0.6) is 0 Å². The highest BCUT2D eigenvalue weighted by molar-refractivity contribution is 5.80. The van der Waals surface area contributed by atoms with Crippen molar-refractivity contribution in [1.29, 1.82) is 0 Å². The maximum Gasteiger partial charge on any atom is 0.271 e. The predicted octanol–water partition coefficient (Wildman–Crippen LogP) is 2.85. The number of hydrogen-bond acceptors (Lipinski definition) is 5. The Morgan fingerprint density at radius 1 is 1.11 bits per heavy atom. The first-order chi connectivity index (χ1) is 13.0. The Hall–Kier alpha value is -2.93. The second-order valence-electron chi connectivity index (χ2n) is 6.53. The van der Waals surface area contributed by atoms with Crippen molar-refractivity contribution in [3.8, 4) is 0 Å². The minimum atomic E-state index is -0.505. The lowest BCUT2D eigenvalue weighted by Crippen LogP contribution is -2.51. The largest absolute Gasteiger partial charge is 0.368 e. The van der Waals surface area contributed by atoms with Crippen molar-refractivity contribution in [2.75, 3.05) is 31.1 Å². The number of carbonyl (C=O) groups excluding carboxylic acids is 1. The molecular weight excluding hydrogens is 346 g/mol. The Balaban J connectivity index is 1.51. The fourth-order valence-corrected chi connectivity index (χ4v) is 3.11. The van der Waals surface area contributed by atoms with Crippen LogP contribution in [0.4, 0.5) is 11.4 Å². The van der Waals surface area contributed by atoms with E-state index in [0.29, 0.717) is 32.8 Å². The van der Waals surface area contributed by atoms with Gasteiger partial charge in [-0.2, -0.15) is 0 Å². The topological polar surface area (TPSA) is 75.9 Å². The van der Waals surface area contributed by atoms with E-state index in [9.17, 15) is 14.9 Å². The number of hydrogen-bond donors (Lipinski definition) is 0. The minimum Gasteiger partial charge on any atom is -0.368 e. The van der Waals surface area contributed by atoms with E-state index < -0.39 is 11.0 Å². The highest BCUT2D eigenvalue weighted by Gasteiger charge is 2.26. The number of nitro benzene ring substituents is 1. The monoisotopic (exact) mass is 369 g/mol. The quantitative estimate of drug-likeness (QED) is 0.578. The molecule has 3 rings (SSSR count). The summed E-state index contributed by atoms with van der Waals surface area (Å²) in [5.74, 6) is -0.0235. The summed E-state index contributed by atoms with van der Waals surface area (Å²) in [4.78, 5) is 27.0. The van der Waals surface area contributed by atoms with Gasteiger partial charge in [0, 0.05) is 44.0 Å². The van der Waals surface area contributed by atoms with Crippen LogP contribution in [-0.4, -0.2) is 48.0 Å². The molecule has 2 aromatic carbocycles. The molecule has 1 atom stereocenters. The van der Waals surface area contributed by atoms with Gasteiger partial charge in [0.05, 0.1) is 11.5 Å². The Morgan fingerprint density at radius 3 is 2.48 bits per heavy atom. The van der Waals surface area contributed by atoms with Crippen LogP contribution in [0.1, 0.15) is 12.5 Å². The number of nitro groups is 1. The fraction of sp³-hybridized carbons (Fsp3) is 0.350. The molecule has 142 valence electrons. The van der Waals surface area contributed by atoms with Crippen molar-refractivity contribution in [2.45, 2.75) is 19.6 Å². The van der Waals surface area contributed by atoms with Crippen molar-refractivity contribution < 1.29 is 14.5 Å².